The average Bonchev–Trinajstić information content (AvgIpc) is 3.31. The van der Waals surface area contributed by atoms with E-state index in [-0.39, 0.29) is 0 Å². The van der Waals surface area contributed by atoms with E-state index in [0.717, 1.165) is 45.2 Å². The smallest absolute Gasteiger partial charge is 0.0637 e. The summed E-state index contributed by atoms with van der Waals surface area (Å²) in [4.78, 5) is 2.65. The molecular formula is C16H32N2O2. The van der Waals surface area contributed by atoms with Crippen molar-refractivity contribution >= 4 is 0 Å². The summed E-state index contributed by atoms with van der Waals surface area (Å²) in [5, 5.41) is 3.73. The average molecular weight is 284 g/mol. The van der Waals surface area contributed by atoms with Gasteiger partial charge in [-0.05, 0) is 45.1 Å². The zero-order chi connectivity index (χ0) is 14.4. The van der Waals surface area contributed by atoms with Gasteiger partial charge in [0.1, 0.15) is 0 Å². The van der Waals surface area contributed by atoms with Gasteiger partial charge in [-0.1, -0.05) is 6.92 Å². The molecule has 1 heterocycles. The van der Waals surface area contributed by atoms with Gasteiger partial charge in [0, 0.05) is 38.4 Å². The second-order valence-electron chi connectivity index (χ2n) is 6.30. The SMILES string of the molecule is CCCNC1CCOCC1N(CCOC)C(C)C1CC1. The number of rotatable bonds is 9. The van der Waals surface area contributed by atoms with Crippen molar-refractivity contribution in [3.8, 4) is 0 Å². The van der Waals surface area contributed by atoms with Crippen LogP contribution in [0.15, 0.2) is 0 Å². The summed E-state index contributed by atoms with van der Waals surface area (Å²) in [7, 11) is 1.80. The molecule has 0 aromatic carbocycles. The molecule has 2 fully saturated rings. The molecule has 4 nitrogen and oxygen atoms in total. The molecule has 3 unspecified atom stereocenters. The minimum Gasteiger partial charge on any atom is -0.383 e. The molecule has 0 spiro atoms. The molecule has 0 radical (unpaired) electrons. The van der Waals surface area contributed by atoms with Gasteiger partial charge in [0.2, 0.25) is 0 Å². The van der Waals surface area contributed by atoms with Crippen LogP contribution in [0.25, 0.3) is 0 Å². The van der Waals surface area contributed by atoms with Crippen LogP contribution in [0.3, 0.4) is 0 Å². The Balaban J connectivity index is 1.98. The van der Waals surface area contributed by atoms with Crippen LogP contribution in [0.4, 0.5) is 0 Å². The molecule has 1 N–H and O–H groups in total. The predicted octanol–water partition coefficient (Wildman–Crippen LogP) is 1.89. The van der Waals surface area contributed by atoms with Crippen LogP contribution in [-0.2, 0) is 9.47 Å². The van der Waals surface area contributed by atoms with E-state index < -0.39 is 0 Å². The Bertz CT molecular complexity index is 271. The summed E-state index contributed by atoms with van der Waals surface area (Å²) < 4.78 is 11.1. The summed E-state index contributed by atoms with van der Waals surface area (Å²) in [6.07, 6.45) is 5.11. The van der Waals surface area contributed by atoms with Gasteiger partial charge >= 0.3 is 0 Å². The minimum atomic E-state index is 0.501. The predicted molar refractivity (Wildman–Crippen MR) is 82.1 cm³/mol. The van der Waals surface area contributed by atoms with Crippen molar-refractivity contribution in [1.29, 1.82) is 0 Å². The second-order valence-corrected chi connectivity index (χ2v) is 6.30. The molecule has 1 saturated carbocycles. The van der Waals surface area contributed by atoms with Crippen molar-refractivity contribution in [2.75, 3.05) is 40.0 Å². The normalized spacial score (nSPS) is 28.8. The lowest BCUT2D eigenvalue weighted by Gasteiger charge is -2.43. The lowest BCUT2D eigenvalue weighted by Crippen LogP contribution is -2.58. The van der Waals surface area contributed by atoms with Crippen LogP contribution in [0.5, 0.6) is 0 Å². The summed E-state index contributed by atoms with van der Waals surface area (Å²) in [5.74, 6) is 0.889. The lowest BCUT2D eigenvalue weighted by molar-refractivity contribution is -0.0283. The monoisotopic (exact) mass is 284 g/mol. The molecule has 20 heavy (non-hydrogen) atoms. The maximum absolute atomic E-state index is 5.78. The van der Waals surface area contributed by atoms with Crippen LogP contribution in [0.1, 0.15) is 39.5 Å². The molecule has 1 aliphatic carbocycles. The molecule has 4 heteroatoms. The fourth-order valence-electron chi connectivity index (χ4n) is 3.34. The fraction of sp³-hybridized carbons (Fsp3) is 1.00. The van der Waals surface area contributed by atoms with Crippen molar-refractivity contribution in [2.45, 2.75) is 57.7 Å². The summed E-state index contributed by atoms with van der Waals surface area (Å²) in [6, 6.07) is 1.73. The molecule has 1 saturated heterocycles. The highest BCUT2D eigenvalue weighted by atomic mass is 16.5. The van der Waals surface area contributed by atoms with Gasteiger partial charge in [-0.15, -0.1) is 0 Å². The Hall–Kier alpha value is -0.160. The van der Waals surface area contributed by atoms with Gasteiger partial charge in [-0.2, -0.15) is 0 Å². The Kier molecular flexibility index (Phi) is 6.75. The minimum absolute atomic E-state index is 0.501. The number of nitrogens with zero attached hydrogens (tertiary/aromatic N) is 1. The molecule has 2 rings (SSSR count). The van der Waals surface area contributed by atoms with Crippen LogP contribution in [-0.4, -0.2) is 63.0 Å². The molecule has 118 valence electrons. The maximum Gasteiger partial charge on any atom is 0.0637 e. The van der Waals surface area contributed by atoms with Gasteiger partial charge < -0.3 is 14.8 Å². The van der Waals surface area contributed by atoms with Crippen molar-refractivity contribution in [3.63, 3.8) is 0 Å². The second kappa shape index (κ2) is 8.32. The summed E-state index contributed by atoms with van der Waals surface area (Å²) in [6.45, 7) is 9.32. The van der Waals surface area contributed by atoms with E-state index >= 15 is 0 Å². The van der Waals surface area contributed by atoms with Crippen LogP contribution < -0.4 is 5.32 Å². The van der Waals surface area contributed by atoms with Crippen molar-refractivity contribution in [2.24, 2.45) is 5.92 Å². The molecule has 0 aromatic heterocycles. The topological polar surface area (TPSA) is 33.7 Å². The summed E-state index contributed by atoms with van der Waals surface area (Å²) >= 11 is 0. The summed E-state index contributed by atoms with van der Waals surface area (Å²) in [5.41, 5.74) is 0. The third kappa shape index (κ3) is 4.42. The first-order valence-electron chi connectivity index (χ1n) is 8.33. The van der Waals surface area contributed by atoms with E-state index in [1.807, 2.05) is 0 Å². The first-order chi connectivity index (χ1) is 9.77. The van der Waals surface area contributed by atoms with E-state index in [0.29, 0.717) is 18.1 Å². The third-order valence-electron chi connectivity index (χ3n) is 4.79. The quantitative estimate of drug-likeness (QED) is 0.701. The van der Waals surface area contributed by atoms with Crippen molar-refractivity contribution in [1.82, 2.24) is 10.2 Å². The first-order valence-corrected chi connectivity index (χ1v) is 8.33. The molecule has 0 bridgehead atoms. The number of ether oxygens (including phenoxy) is 2. The lowest BCUT2D eigenvalue weighted by atomic mass is 9.98. The van der Waals surface area contributed by atoms with Gasteiger partial charge in [0.05, 0.1) is 13.2 Å². The third-order valence-corrected chi connectivity index (χ3v) is 4.79. The van der Waals surface area contributed by atoms with Gasteiger partial charge in [-0.3, -0.25) is 4.90 Å². The Morgan fingerprint density at radius 1 is 1.35 bits per heavy atom. The van der Waals surface area contributed by atoms with E-state index in [1.54, 1.807) is 7.11 Å². The molecule has 0 amide bonds. The van der Waals surface area contributed by atoms with Crippen molar-refractivity contribution < 1.29 is 9.47 Å². The van der Waals surface area contributed by atoms with E-state index in [9.17, 15) is 0 Å². The van der Waals surface area contributed by atoms with Gasteiger partial charge in [-0.25, -0.2) is 0 Å². The zero-order valence-corrected chi connectivity index (χ0v) is 13.4. The highest BCUT2D eigenvalue weighted by molar-refractivity contribution is 4.94. The zero-order valence-electron chi connectivity index (χ0n) is 13.4. The number of hydrogen-bond donors (Lipinski definition) is 1. The standard InChI is InChI=1S/C16H32N2O2/c1-4-8-17-15-7-10-20-12-16(15)18(9-11-19-3)13(2)14-5-6-14/h13-17H,4-12H2,1-3H3. The first kappa shape index (κ1) is 16.2. The van der Waals surface area contributed by atoms with Gasteiger partial charge in [0.15, 0.2) is 0 Å². The van der Waals surface area contributed by atoms with E-state index in [1.165, 1.54) is 19.3 Å². The number of methoxy groups -OCH3 is 1. The molecule has 0 aromatic rings. The molecule has 1 aliphatic heterocycles. The Morgan fingerprint density at radius 3 is 2.80 bits per heavy atom. The van der Waals surface area contributed by atoms with E-state index in [4.69, 9.17) is 9.47 Å². The van der Waals surface area contributed by atoms with Crippen LogP contribution in [0, 0.1) is 5.92 Å². The van der Waals surface area contributed by atoms with Crippen LogP contribution >= 0.6 is 0 Å². The molecule has 2 aliphatic rings. The maximum atomic E-state index is 5.78. The Labute approximate surface area is 124 Å². The van der Waals surface area contributed by atoms with Crippen LogP contribution in [0.2, 0.25) is 0 Å². The molecular weight excluding hydrogens is 252 g/mol. The van der Waals surface area contributed by atoms with Gasteiger partial charge in [0.25, 0.3) is 0 Å². The Morgan fingerprint density at radius 2 is 2.15 bits per heavy atom. The van der Waals surface area contributed by atoms with Crippen molar-refractivity contribution in [3.05, 3.63) is 0 Å². The number of nitrogens with one attached hydrogen (secondary N) is 1. The molecule has 3 atom stereocenters. The fourth-order valence-corrected chi connectivity index (χ4v) is 3.34. The number of hydrogen-bond acceptors (Lipinski definition) is 4. The largest absolute Gasteiger partial charge is 0.383 e. The van der Waals surface area contributed by atoms with E-state index in [2.05, 4.69) is 24.1 Å². The highest BCUT2D eigenvalue weighted by Crippen LogP contribution is 2.36. The highest BCUT2D eigenvalue weighted by Gasteiger charge is 2.38.